The van der Waals surface area contributed by atoms with Gasteiger partial charge in [-0.25, -0.2) is 4.39 Å². The Hall–Kier alpha value is -1.59. The maximum atomic E-state index is 13.3. The smallest absolute Gasteiger partial charge is 0.125 e. The molecule has 0 aliphatic heterocycles. The van der Waals surface area contributed by atoms with Crippen LogP contribution in [0.2, 0.25) is 0 Å². The molecule has 1 heterocycles. The van der Waals surface area contributed by atoms with E-state index in [1.807, 2.05) is 12.3 Å². The molecule has 1 aromatic heterocycles. The number of fused-ring (bicyclic) bond motifs is 1. The number of nitrogens with one attached hydrogen (secondary N) is 2. The van der Waals surface area contributed by atoms with Crippen molar-refractivity contribution < 1.29 is 4.39 Å². The van der Waals surface area contributed by atoms with Crippen molar-refractivity contribution in [3.63, 3.8) is 0 Å². The lowest BCUT2D eigenvalue weighted by Crippen LogP contribution is -2.48. The fourth-order valence-electron chi connectivity index (χ4n) is 4.82. The number of rotatable bonds is 6. The highest BCUT2D eigenvalue weighted by molar-refractivity contribution is 5.85. The number of nitrogens with zero attached hydrogens (tertiary/aromatic N) is 1. The Kier molecular flexibility index (Phi) is 8.74. The largest absolute Gasteiger partial charge is 0.361 e. The Balaban J connectivity index is 0.00000160. The third-order valence-corrected chi connectivity index (χ3v) is 6.54. The minimum absolute atomic E-state index is 0. The molecule has 1 aliphatic rings. The second-order valence-electron chi connectivity index (χ2n) is 8.27. The molecule has 1 aliphatic carbocycles. The highest BCUT2D eigenvalue weighted by Crippen LogP contribution is 2.41. The van der Waals surface area contributed by atoms with Gasteiger partial charge in [-0.3, -0.25) is 4.90 Å². The van der Waals surface area contributed by atoms with Crippen LogP contribution in [0.25, 0.3) is 10.9 Å². The topological polar surface area (TPSA) is 31.1 Å². The number of halogens is 3. The summed E-state index contributed by atoms with van der Waals surface area (Å²) in [6, 6.07) is 16.5. The fourth-order valence-corrected chi connectivity index (χ4v) is 4.82. The Morgan fingerprint density at radius 1 is 1.07 bits per heavy atom. The molecule has 4 rings (SSSR count). The zero-order valence-corrected chi connectivity index (χ0v) is 19.3. The van der Waals surface area contributed by atoms with E-state index in [1.54, 1.807) is 12.1 Å². The van der Waals surface area contributed by atoms with E-state index < -0.39 is 0 Å². The second-order valence-corrected chi connectivity index (χ2v) is 8.27. The molecule has 164 valence electrons. The van der Waals surface area contributed by atoms with Gasteiger partial charge in [-0.05, 0) is 82.1 Å². The average Bonchev–Trinajstić information content (AvgIpc) is 3.11. The summed E-state index contributed by atoms with van der Waals surface area (Å²) in [4.78, 5) is 5.59. The third kappa shape index (κ3) is 5.00. The van der Waals surface area contributed by atoms with Crippen LogP contribution >= 0.6 is 24.8 Å². The van der Waals surface area contributed by atoms with E-state index in [4.69, 9.17) is 0 Å². The van der Waals surface area contributed by atoms with E-state index in [0.717, 1.165) is 23.9 Å². The number of aromatic nitrogens is 1. The molecule has 0 unspecified atom stereocenters. The fraction of sp³-hybridized carbons (Fsp3) is 0.417. The maximum absolute atomic E-state index is 13.3. The first-order chi connectivity index (χ1) is 13.6. The monoisotopic (exact) mass is 451 g/mol. The predicted molar refractivity (Wildman–Crippen MR) is 129 cm³/mol. The molecular weight excluding hydrogens is 420 g/mol. The summed E-state index contributed by atoms with van der Waals surface area (Å²) in [5.74, 6) is -0.191. The summed E-state index contributed by atoms with van der Waals surface area (Å²) in [5.41, 5.74) is 3.72. The van der Waals surface area contributed by atoms with Crippen molar-refractivity contribution in [3.05, 3.63) is 71.7 Å². The molecule has 3 aromatic rings. The van der Waals surface area contributed by atoms with Crippen LogP contribution in [0, 0.1) is 5.82 Å². The minimum atomic E-state index is -0.191. The van der Waals surface area contributed by atoms with Crippen molar-refractivity contribution in [1.29, 1.82) is 0 Å². The van der Waals surface area contributed by atoms with Crippen molar-refractivity contribution in [2.24, 2.45) is 0 Å². The van der Waals surface area contributed by atoms with Crippen molar-refractivity contribution >= 4 is 35.7 Å². The van der Waals surface area contributed by atoms with E-state index in [2.05, 4.69) is 59.6 Å². The molecule has 0 saturated heterocycles. The average molecular weight is 452 g/mol. The van der Waals surface area contributed by atoms with Gasteiger partial charge in [0.2, 0.25) is 0 Å². The summed E-state index contributed by atoms with van der Waals surface area (Å²) in [6.45, 7) is 0.954. The van der Waals surface area contributed by atoms with Crippen molar-refractivity contribution in [1.82, 2.24) is 15.2 Å². The number of H-pyrrole nitrogens is 1. The summed E-state index contributed by atoms with van der Waals surface area (Å²) in [6.07, 6.45) is 7.69. The van der Waals surface area contributed by atoms with Crippen LogP contribution in [-0.4, -0.2) is 36.6 Å². The highest BCUT2D eigenvalue weighted by atomic mass is 35.5. The highest BCUT2D eigenvalue weighted by Gasteiger charge is 2.38. The SMILES string of the molecule is CN(C)C1(c2ccccc2)CCC(NCCc2c[nH]c3cc(F)ccc23)CC1.Cl.Cl. The first kappa shape index (κ1) is 24.7. The molecule has 6 heteroatoms. The molecule has 0 radical (unpaired) electrons. The molecule has 3 nitrogen and oxygen atoms in total. The molecule has 0 atom stereocenters. The molecule has 30 heavy (non-hydrogen) atoms. The van der Waals surface area contributed by atoms with E-state index in [-0.39, 0.29) is 36.2 Å². The molecule has 0 bridgehead atoms. The molecule has 0 spiro atoms. The van der Waals surface area contributed by atoms with Crippen LogP contribution in [0.4, 0.5) is 4.39 Å². The quantitative estimate of drug-likeness (QED) is 0.504. The zero-order valence-electron chi connectivity index (χ0n) is 17.7. The van der Waals surface area contributed by atoms with Gasteiger partial charge >= 0.3 is 0 Å². The zero-order chi connectivity index (χ0) is 19.6. The lowest BCUT2D eigenvalue weighted by molar-refractivity contribution is 0.0858. The maximum Gasteiger partial charge on any atom is 0.125 e. The lowest BCUT2D eigenvalue weighted by Gasteiger charge is -2.45. The van der Waals surface area contributed by atoms with Gasteiger partial charge < -0.3 is 10.3 Å². The second kappa shape index (κ2) is 10.6. The molecule has 1 saturated carbocycles. The van der Waals surface area contributed by atoms with Crippen LogP contribution in [0.3, 0.4) is 0 Å². The van der Waals surface area contributed by atoms with Crippen LogP contribution in [0.15, 0.2) is 54.7 Å². The van der Waals surface area contributed by atoms with Gasteiger partial charge in [-0.1, -0.05) is 30.3 Å². The molecule has 1 fully saturated rings. The van der Waals surface area contributed by atoms with Crippen LogP contribution in [0.5, 0.6) is 0 Å². The van der Waals surface area contributed by atoms with E-state index in [9.17, 15) is 4.39 Å². The summed E-state index contributed by atoms with van der Waals surface area (Å²) in [5, 5.41) is 4.88. The molecule has 2 aromatic carbocycles. The van der Waals surface area contributed by atoms with Gasteiger partial charge in [-0.2, -0.15) is 0 Å². The van der Waals surface area contributed by atoms with Gasteiger partial charge in [-0.15, -0.1) is 24.8 Å². The summed E-state index contributed by atoms with van der Waals surface area (Å²) >= 11 is 0. The van der Waals surface area contributed by atoms with Crippen LogP contribution in [0.1, 0.15) is 36.8 Å². The van der Waals surface area contributed by atoms with Gasteiger partial charge in [0.05, 0.1) is 0 Å². The molecular formula is C24H32Cl2FN3. The van der Waals surface area contributed by atoms with Crippen molar-refractivity contribution in [3.8, 4) is 0 Å². The standard InChI is InChI=1S/C24H30FN3.2ClH/c1-28(2)24(19-6-4-3-5-7-19)13-10-21(11-14-24)26-15-12-18-17-27-23-16-20(25)8-9-22(18)23;;/h3-9,16-17,21,26-27H,10-15H2,1-2H3;2*1H. The first-order valence-electron chi connectivity index (χ1n) is 10.3. The van der Waals surface area contributed by atoms with Gasteiger partial charge in [0.15, 0.2) is 0 Å². The predicted octanol–water partition coefficient (Wildman–Crippen LogP) is 5.68. The van der Waals surface area contributed by atoms with E-state index in [1.165, 1.54) is 36.8 Å². The van der Waals surface area contributed by atoms with Crippen molar-refractivity contribution in [2.45, 2.75) is 43.7 Å². The Labute approximate surface area is 191 Å². The molecule has 0 amide bonds. The number of hydrogen-bond donors (Lipinski definition) is 2. The Morgan fingerprint density at radius 2 is 1.77 bits per heavy atom. The number of hydrogen-bond acceptors (Lipinski definition) is 2. The lowest BCUT2D eigenvalue weighted by atomic mass is 9.74. The number of aromatic amines is 1. The summed E-state index contributed by atoms with van der Waals surface area (Å²) in [7, 11) is 4.42. The van der Waals surface area contributed by atoms with Crippen molar-refractivity contribution in [2.75, 3.05) is 20.6 Å². The van der Waals surface area contributed by atoms with Crippen LogP contribution < -0.4 is 5.32 Å². The third-order valence-electron chi connectivity index (χ3n) is 6.54. The number of benzene rings is 2. The summed E-state index contributed by atoms with van der Waals surface area (Å²) < 4.78 is 13.3. The van der Waals surface area contributed by atoms with E-state index in [0.29, 0.717) is 6.04 Å². The normalized spacial score (nSPS) is 21.3. The van der Waals surface area contributed by atoms with Crippen LogP contribution in [-0.2, 0) is 12.0 Å². The Morgan fingerprint density at radius 3 is 2.43 bits per heavy atom. The molecule has 2 N–H and O–H groups in total. The van der Waals surface area contributed by atoms with Gasteiger partial charge in [0.1, 0.15) is 5.82 Å². The van der Waals surface area contributed by atoms with Gasteiger partial charge in [0, 0.05) is 28.7 Å². The minimum Gasteiger partial charge on any atom is -0.361 e. The van der Waals surface area contributed by atoms with Gasteiger partial charge in [0.25, 0.3) is 0 Å². The Bertz CT molecular complexity index is 919. The first-order valence-corrected chi connectivity index (χ1v) is 10.3. The van der Waals surface area contributed by atoms with E-state index >= 15 is 0 Å².